The summed E-state index contributed by atoms with van der Waals surface area (Å²) in [5, 5.41) is 0. The molecule has 3 rings (SSSR count). The Morgan fingerprint density at radius 1 is 1.14 bits per heavy atom. The maximum atomic E-state index is 12.6. The summed E-state index contributed by atoms with van der Waals surface area (Å²) >= 11 is 0. The van der Waals surface area contributed by atoms with Gasteiger partial charge in [-0.1, -0.05) is 30.3 Å². The molecule has 0 aliphatic carbocycles. The Bertz CT molecular complexity index is 651. The van der Waals surface area contributed by atoms with Crippen LogP contribution in [0.4, 0.5) is 0 Å². The highest BCUT2D eigenvalue weighted by atomic mass is 16.3. The fourth-order valence-electron chi connectivity index (χ4n) is 3.04. The number of amides is 2. The third-order valence-electron chi connectivity index (χ3n) is 4.02. The summed E-state index contributed by atoms with van der Waals surface area (Å²) in [7, 11) is 0. The Labute approximate surface area is 122 Å². The van der Waals surface area contributed by atoms with Crippen LogP contribution >= 0.6 is 0 Å². The van der Waals surface area contributed by atoms with Gasteiger partial charge < -0.3 is 15.1 Å². The number of likely N-dealkylation sites (tertiary alicyclic amines) is 1. The number of nitrogens with two attached hydrogens (primary N) is 1. The van der Waals surface area contributed by atoms with Crippen molar-refractivity contribution in [1.82, 2.24) is 4.90 Å². The van der Waals surface area contributed by atoms with Gasteiger partial charge in [0.2, 0.25) is 5.91 Å². The van der Waals surface area contributed by atoms with Crippen LogP contribution in [0.1, 0.15) is 29.0 Å². The zero-order chi connectivity index (χ0) is 14.9. The van der Waals surface area contributed by atoms with Crippen molar-refractivity contribution >= 4 is 11.8 Å². The van der Waals surface area contributed by atoms with Crippen LogP contribution in [0.25, 0.3) is 0 Å². The topological polar surface area (TPSA) is 76.5 Å². The van der Waals surface area contributed by atoms with Crippen LogP contribution in [0.15, 0.2) is 53.1 Å². The minimum atomic E-state index is -1.09. The lowest BCUT2D eigenvalue weighted by atomic mass is 9.86. The number of nitrogens with zero attached hydrogens (tertiary/aromatic N) is 1. The van der Waals surface area contributed by atoms with Gasteiger partial charge in [-0.25, -0.2) is 0 Å². The Kier molecular flexibility index (Phi) is 3.25. The number of primary amides is 1. The molecule has 1 fully saturated rings. The Hall–Kier alpha value is -2.56. The van der Waals surface area contributed by atoms with E-state index in [1.165, 1.54) is 11.2 Å². The molecular formula is C16H16N2O3. The van der Waals surface area contributed by atoms with Gasteiger partial charge in [-0.05, 0) is 30.5 Å². The van der Waals surface area contributed by atoms with Crippen LogP contribution < -0.4 is 5.73 Å². The van der Waals surface area contributed by atoms with Gasteiger partial charge in [-0.2, -0.15) is 0 Å². The van der Waals surface area contributed by atoms with Crippen molar-refractivity contribution in [1.29, 1.82) is 0 Å². The lowest BCUT2D eigenvalue weighted by Gasteiger charge is -2.35. The molecule has 2 amide bonds. The molecular weight excluding hydrogens is 268 g/mol. The summed E-state index contributed by atoms with van der Waals surface area (Å²) in [6.07, 6.45) is 2.70. The van der Waals surface area contributed by atoms with E-state index in [4.69, 9.17) is 10.2 Å². The van der Waals surface area contributed by atoms with Gasteiger partial charge >= 0.3 is 0 Å². The second kappa shape index (κ2) is 5.09. The second-order valence-corrected chi connectivity index (χ2v) is 5.13. The molecule has 0 bridgehead atoms. The molecule has 1 aromatic carbocycles. The number of rotatable bonds is 3. The fraction of sp³-hybridized carbons (Fsp3) is 0.250. The molecule has 1 saturated heterocycles. The van der Waals surface area contributed by atoms with Crippen LogP contribution in [0.5, 0.6) is 0 Å². The van der Waals surface area contributed by atoms with E-state index in [1.807, 2.05) is 30.3 Å². The third kappa shape index (κ3) is 2.01. The van der Waals surface area contributed by atoms with E-state index in [0.717, 1.165) is 12.0 Å². The average Bonchev–Trinajstić information content (AvgIpc) is 3.17. The maximum Gasteiger partial charge on any atom is 0.290 e. The van der Waals surface area contributed by atoms with Crippen LogP contribution in [0.2, 0.25) is 0 Å². The molecule has 0 radical (unpaired) electrons. The van der Waals surface area contributed by atoms with E-state index in [9.17, 15) is 9.59 Å². The van der Waals surface area contributed by atoms with E-state index in [2.05, 4.69) is 0 Å². The van der Waals surface area contributed by atoms with Crippen molar-refractivity contribution in [3.8, 4) is 0 Å². The molecule has 1 aliphatic heterocycles. The lowest BCUT2D eigenvalue weighted by molar-refractivity contribution is -0.128. The number of hydrogen-bond donors (Lipinski definition) is 1. The number of carbonyl (C=O) groups is 2. The van der Waals surface area contributed by atoms with Gasteiger partial charge in [0.15, 0.2) is 5.76 Å². The van der Waals surface area contributed by atoms with Gasteiger partial charge in [0.1, 0.15) is 5.54 Å². The van der Waals surface area contributed by atoms with Crippen LogP contribution in [-0.4, -0.2) is 23.3 Å². The van der Waals surface area contributed by atoms with E-state index < -0.39 is 11.4 Å². The van der Waals surface area contributed by atoms with Crippen LogP contribution in [-0.2, 0) is 10.3 Å². The number of hydrogen-bond acceptors (Lipinski definition) is 3. The zero-order valence-corrected chi connectivity index (χ0v) is 11.5. The summed E-state index contributed by atoms with van der Waals surface area (Å²) in [5.41, 5.74) is 5.34. The average molecular weight is 284 g/mol. The van der Waals surface area contributed by atoms with Gasteiger partial charge in [0, 0.05) is 6.54 Å². The van der Waals surface area contributed by atoms with Gasteiger partial charge in [-0.15, -0.1) is 0 Å². The van der Waals surface area contributed by atoms with E-state index in [0.29, 0.717) is 13.0 Å². The summed E-state index contributed by atoms with van der Waals surface area (Å²) < 4.78 is 5.17. The summed E-state index contributed by atoms with van der Waals surface area (Å²) in [6, 6.07) is 12.5. The fourth-order valence-corrected chi connectivity index (χ4v) is 3.04. The molecule has 0 saturated carbocycles. The van der Waals surface area contributed by atoms with Crippen molar-refractivity contribution in [2.75, 3.05) is 6.54 Å². The highest BCUT2D eigenvalue weighted by molar-refractivity contribution is 5.98. The molecule has 0 unspecified atom stereocenters. The minimum Gasteiger partial charge on any atom is -0.459 e. The molecule has 2 N–H and O–H groups in total. The molecule has 108 valence electrons. The smallest absolute Gasteiger partial charge is 0.290 e. The Morgan fingerprint density at radius 3 is 2.52 bits per heavy atom. The Morgan fingerprint density at radius 2 is 1.90 bits per heavy atom. The van der Waals surface area contributed by atoms with E-state index in [1.54, 1.807) is 12.1 Å². The normalized spacial score (nSPS) is 21.4. The monoisotopic (exact) mass is 284 g/mol. The van der Waals surface area contributed by atoms with Crippen molar-refractivity contribution in [2.24, 2.45) is 5.73 Å². The first-order valence-corrected chi connectivity index (χ1v) is 6.87. The summed E-state index contributed by atoms with van der Waals surface area (Å²) in [4.78, 5) is 26.4. The molecule has 5 nitrogen and oxygen atoms in total. The predicted octanol–water partition coefficient (Wildman–Crippen LogP) is 1.90. The number of furan rings is 1. The zero-order valence-electron chi connectivity index (χ0n) is 11.5. The quantitative estimate of drug-likeness (QED) is 0.935. The summed E-state index contributed by atoms with van der Waals surface area (Å²) in [6.45, 7) is 0.483. The van der Waals surface area contributed by atoms with Crippen molar-refractivity contribution < 1.29 is 14.0 Å². The highest BCUT2D eigenvalue weighted by Gasteiger charge is 2.50. The predicted molar refractivity (Wildman–Crippen MR) is 76.3 cm³/mol. The highest BCUT2D eigenvalue weighted by Crippen LogP contribution is 2.39. The SMILES string of the molecule is NC(=O)[C@@]1(c2ccccc2)CCCN1C(=O)c1ccco1. The van der Waals surface area contributed by atoms with E-state index in [-0.39, 0.29) is 11.7 Å². The lowest BCUT2D eigenvalue weighted by Crippen LogP contribution is -2.53. The van der Waals surface area contributed by atoms with Crippen molar-refractivity contribution in [2.45, 2.75) is 18.4 Å². The first-order valence-electron chi connectivity index (χ1n) is 6.87. The largest absolute Gasteiger partial charge is 0.459 e. The molecule has 1 aliphatic rings. The van der Waals surface area contributed by atoms with E-state index >= 15 is 0 Å². The minimum absolute atomic E-state index is 0.221. The van der Waals surface area contributed by atoms with Crippen LogP contribution in [0, 0.1) is 0 Å². The Balaban J connectivity index is 2.07. The number of carbonyl (C=O) groups excluding carboxylic acids is 2. The third-order valence-corrected chi connectivity index (χ3v) is 4.02. The van der Waals surface area contributed by atoms with Crippen molar-refractivity contribution in [3.05, 3.63) is 60.1 Å². The van der Waals surface area contributed by atoms with Crippen LogP contribution in [0.3, 0.4) is 0 Å². The first kappa shape index (κ1) is 13.4. The molecule has 21 heavy (non-hydrogen) atoms. The maximum absolute atomic E-state index is 12.6. The first-order chi connectivity index (χ1) is 10.2. The van der Waals surface area contributed by atoms with Gasteiger partial charge in [-0.3, -0.25) is 9.59 Å². The molecule has 2 heterocycles. The molecule has 1 atom stereocenters. The summed E-state index contributed by atoms with van der Waals surface area (Å²) in [5.74, 6) is -0.593. The number of benzene rings is 1. The van der Waals surface area contributed by atoms with Gasteiger partial charge in [0.25, 0.3) is 5.91 Å². The molecule has 1 aromatic heterocycles. The second-order valence-electron chi connectivity index (χ2n) is 5.13. The molecule has 0 spiro atoms. The van der Waals surface area contributed by atoms with Gasteiger partial charge in [0.05, 0.1) is 6.26 Å². The standard InChI is InChI=1S/C16H16N2O3/c17-15(20)16(12-6-2-1-3-7-12)9-5-10-18(16)14(19)13-8-4-11-21-13/h1-4,6-8,11H,5,9-10H2,(H2,17,20)/t16-/m0/s1. The molecule has 5 heteroatoms. The molecule has 2 aromatic rings. The van der Waals surface area contributed by atoms with Crippen molar-refractivity contribution in [3.63, 3.8) is 0 Å².